The first-order valence-electron chi connectivity index (χ1n) is 8.49. The topological polar surface area (TPSA) is 110 Å². The Bertz CT molecular complexity index is 994. The normalized spacial score (nSPS) is 14.6. The van der Waals surface area contributed by atoms with Crippen LogP contribution in [0, 0.1) is 0 Å². The number of primary amides is 1. The molecule has 0 aliphatic carbocycles. The molecule has 1 aliphatic heterocycles. The maximum atomic E-state index is 12.6. The lowest BCUT2D eigenvalue weighted by atomic mass is 10.0. The average Bonchev–Trinajstić information content (AvgIpc) is 2.97. The highest BCUT2D eigenvalue weighted by molar-refractivity contribution is 7.90. The third kappa shape index (κ3) is 4.05. The minimum absolute atomic E-state index is 0.142. The fourth-order valence-corrected chi connectivity index (χ4v) is 5.02. The van der Waals surface area contributed by atoms with Gasteiger partial charge >= 0.3 is 0 Å². The number of carbonyl (C=O) groups excluding carboxylic acids is 2. The second-order valence-electron chi connectivity index (χ2n) is 6.44. The summed E-state index contributed by atoms with van der Waals surface area (Å²) >= 11 is 1.37. The number of fused-ring (bicyclic) bond motifs is 1. The molecule has 7 nitrogen and oxygen atoms in total. The number of nitrogens with one attached hydrogen (secondary N) is 1. The average molecular weight is 408 g/mol. The molecule has 2 heterocycles. The van der Waals surface area contributed by atoms with Crippen LogP contribution >= 0.6 is 11.3 Å². The zero-order valence-corrected chi connectivity index (χ0v) is 16.7. The summed E-state index contributed by atoms with van der Waals surface area (Å²) in [4.78, 5) is 28.0. The molecular formula is C18H21N3O4S2. The van der Waals surface area contributed by atoms with Gasteiger partial charge in [-0.3, -0.25) is 14.5 Å². The van der Waals surface area contributed by atoms with Crippen LogP contribution in [0.1, 0.15) is 38.1 Å². The van der Waals surface area contributed by atoms with Crippen molar-refractivity contribution in [1.29, 1.82) is 0 Å². The molecule has 0 radical (unpaired) electrons. The van der Waals surface area contributed by atoms with Gasteiger partial charge in [-0.25, -0.2) is 8.42 Å². The standard InChI is InChI=1S/C18H21N3O4S2/c1-3-21-9-8-13-14(10-21)26-18(15(13)16(19)22)20-17(23)11-4-6-12(7-5-11)27(2,24)25/h4-7H,3,8-10H2,1-2H3,(H2,19,22)(H,20,23). The monoisotopic (exact) mass is 407 g/mol. The molecule has 3 N–H and O–H groups in total. The number of likely N-dealkylation sites (N-methyl/N-ethyl adjacent to an activating group) is 1. The van der Waals surface area contributed by atoms with E-state index in [9.17, 15) is 18.0 Å². The van der Waals surface area contributed by atoms with Gasteiger partial charge in [0.15, 0.2) is 9.84 Å². The van der Waals surface area contributed by atoms with Gasteiger partial charge in [0.1, 0.15) is 5.00 Å². The van der Waals surface area contributed by atoms with Gasteiger partial charge in [0.2, 0.25) is 0 Å². The van der Waals surface area contributed by atoms with Crippen LogP contribution in [-0.2, 0) is 22.8 Å². The Morgan fingerprint density at radius 3 is 2.48 bits per heavy atom. The molecule has 0 fully saturated rings. The SMILES string of the molecule is CCN1CCc2c(sc(NC(=O)c3ccc(S(C)(=O)=O)cc3)c2C(N)=O)C1. The van der Waals surface area contributed by atoms with Crippen LogP contribution in [0.2, 0.25) is 0 Å². The number of rotatable bonds is 5. The van der Waals surface area contributed by atoms with Crippen LogP contribution in [0.5, 0.6) is 0 Å². The first kappa shape index (κ1) is 19.5. The van der Waals surface area contributed by atoms with Gasteiger partial charge < -0.3 is 11.1 Å². The Balaban J connectivity index is 1.88. The number of hydrogen-bond acceptors (Lipinski definition) is 6. The predicted octanol–water partition coefficient (Wildman–Crippen LogP) is 1.88. The minimum atomic E-state index is -3.33. The number of benzene rings is 1. The smallest absolute Gasteiger partial charge is 0.256 e. The van der Waals surface area contributed by atoms with Crippen LogP contribution < -0.4 is 11.1 Å². The van der Waals surface area contributed by atoms with Gasteiger partial charge in [0.25, 0.3) is 11.8 Å². The quantitative estimate of drug-likeness (QED) is 0.786. The summed E-state index contributed by atoms with van der Waals surface area (Å²) in [6.45, 7) is 4.57. The number of thiophene rings is 1. The maximum Gasteiger partial charge on any atom is 0.256 e. The fraction of sp³-hybridized carbons (Fsp3) is 0.333. The van der Waals surface area contributed by atoms with Gasteiger partial charge in [-0.15, -0.1) is 11.3 Å². The Kier molecular flexibility index (Phi) is 5.36. The molecule has 0 atom stereocenters. The van der Waals surface area contributed by atoms with Crippen molar-refractivity contribution in [3.05, 3.63) is 45.8 Å². The van der Waals surface area contributed by atoms with E-state index < -0.39 is 21.7 Å². The molecule has 1 aromatic heterocycles. The van der Waals surface area contributed by atoms with Crippen LogP contribution in [0.25, 0.3) is 0 Å². The van der Waals surface area contributed by atoms with E-state index >= 15 is 0 Å². The first-order chi connectivity index (χ1) is 12.7. The molecule has 2 aromatic rings. The van der Waals surface area contributed by atoms with Gasteiger partial charge in [-0.2, -0.15) is 0 Å². The van der Waals surface area contributed by atoms with E-state index in [0.717, 1.165) is 42.8 Å². The van der Waals surface area contributed by atoms with Crippen LogP contribution in [0.3, 0.4) is 0 Å². The molecule has 0 spiro atoms. The van der Waals surface area contributed by atoms with Crippen LogP contribution in [0.15, 0.2) is 29.2 Å². The number of amides is 2. The van der Waals surface area contributed by atoms with Gasteiger partial charge in [-0.1, -0.05) is 6.92 Å². The number of nitrogens with zero attached hydrogens (tertiary/aromatic N) is 1. The van der Waals surface area contributed by atoms with Crippen molar-refractivity contribution < 1.29 is 18.0 Å². The molecule has 0 unspecified atom stereocenters. The van der Waals surface area contributed by atoms with Crippen molar-refractivity contribution in [2.45, 2.75) is 24.8 Å². The third-order valence-corrected chi connectivity index (χ3v) is 6.86. The number of sulfone groups is 1. The summed E-state index contributed by atoms with van der Waals surface area (Å²) in [5, 5.41) is 3.21. The summed E-state index contributed by atoms with van der Waals surface area (Å²) in [7, 11) is -3.33. The van der Waals surface area contributed by atoms with Crippen molar-refractivity contribution >= 4 is 38.0 Å². The second kappa shape index (κ2) is 7.41. The largest absolute Gasteiger partial charge is 0.365 e. The maximum absolute atomic E-state index is 12.6. The van der Waals surface area contributed by atoms with Crippen LogP contribution in [-0.4, -0.2) is 44.5 Å². The van der Waals surface area contributed by atoms with Gasteiger partial charge in [-0.05, 0) is 42.8 Å². The lowest BCUT2D eigenvalue weighted by Gasteiger charge is -2.25. The van der Waals surface area contributed by atoms with E-state index in [2.05, 4.69) is 17.1 Å². The van der Waals surface area contributed by atoms with Crippen LogP contribution in [0.4, 0.5) is 5.00 Å². The van der Waals surface area contributed by atoms with E-state index in [1.54, 1.807) is 0 Å². The molecule has 9 heteroatoms. The summed E-state index contributed by atoms with van der Waals surface area (Å²) in [6, 6.07) is 5.67. The first-order valence-corrected chi connectivity index (χ1v) is 11.2. The molecule has 144 valence electrons. The Hall–Kier alpha value is -2.23. The number of anilines is 1. The van der Waals surface area contributed by atoms with Crippen molar-refractivity contribution in [2.24, 2.45) is 5.73 Å². The molecular weight excluding hydrogens is 386 g/mol. The molecule has 0 saturated heterocycles. The molecule has 1 aromatic carbocycles. The highest BCUT2D eigenvalue weighted by atomic mass is 32.2. The van der Waals surface area contributed by atoms with E-state index in [-0.39, 0.29) is 4.90 Å². The van der Waals surface area contributed by atoms with Crippen molar-refractivity contribution in [3.8, 4) is 0 Å². The Morgan fingerprint density at radius 1 is 1.26 bits per heavy atom. The summed E-state index contributed by atoms with van der Waals surface area (Å²) in [5.74, 6) is -0.969. The summed E-state index contributed by atoms with van der Waals surface area (Å²) < 4.78 is 23.1. The minimum Gasteiger partial charge on any atom is -0.365 e. The van der Waals surface area contributed by atoms with E-state index in [1.165, 1.54) is 35.6 Å². The van der Waals surface area contributed by atoms with E-state index in [4.69, 9.17) is 5.73 Å². The number of carbonyl (C=O) groups is 2. The van der Waals surface area contributed by atoms with E-state index in [1.807, 2.05) is 0 Å². The predicted molar refractivity (Wildman–Crippen MR) is 105 cm³/mol. The zero-order chi connectivity index (χ0) is 19.8. The van der Waals surface area contributed by atoms with Crippen molar-refractivity contribution in [2.75, 3.05) is 24.7 Å². The lowest BCUT2D eigenvalue weighted by Crippen LogP contribution is -2.30. The highest BCUT2D eigenvalue weighted by Gasteiger charge is 2.27. The van der Waals surface area contributed by atoms with Crippen molar-refractivity contribution in [3.63, 3.8) is 0 Å². The molecule has 2 amide bonds. The lowest BCUT2D eigenvalue weighted by molar-refractivity contribution is 0.1000. The Labute approximate surface area is 162 Å². The number of hydrogen-bond donors (Lipinski definition) is 2. The Morgan fingerprint density at radius 2 is 1.93 bits per heavy atom. The molecule has 1 aliphatic rings. The highest BCUT2D eigenvalue weighted by Crippen LogP contribution is 2.37. The molecule has 0 saturated carbocycles. The van der Waals surface area contributed by atoms with Gasteiger partial charge in [0, 0.05) is 29.8 Å². The van der Waals surface area contributed by atoms with Gasteiger partial charge in [0.05, 0.1) is 10.5 Å². The fourth-order valence-electron chi connectivity index (χ4n) is 3.10. The third-order valence-electron chi connectivity index (χ3n) is 4.60. The summed E-state index contributed by atoms with van der Waals surface area (Å²) in [6.07, 6.45) is 1.83. The van der Waals surface area contributed by atoms with E-state index in [0.29, 0.717) is 16.1 Å². The zero-order valence-electron chi connectivity index (χ0n) is 15.1. The molecule has 27 heavy (non-hydrogen) atoms. The molecule has 0 bridgehead atoms. The summed E-state index contributed by atoms with van der Waals surface area (Å²) in [5.41, 5.74) is 7.17. The second-order valence-corrected chi connectivity index (χ2v) is 9.56. The van der Waals surface area contributed by atoms with Crippen molar-refractivity contribution in [1.82, 2.24) is 4.90 Å². The molecule has 3 rings (SSSR count). The number of nitrogens with two attached hydrogens (primary N) is 1.